The van der Waals surface area contributed by atoms with Gasteiger partial charge < -0.3 is 25.6 Å². The number of nitrogens with zero attached hydrogens (tertiary/aromatic N) is 2. The first-order chi connectivity index (χ1) is 14.7. The van der Waals surface area contributed by atoms with E-state index in [0.29, 0.717) is 24.3 Å². The molecule has 2 aliphatic heterocycles. The number of carbonyl (C=O) groups is 1. The molecule has 0 spiro atoms. The van der Waals surface area contributed by atoms with Crippen molar-refractivity contribution in [1.29, 1.82) is 0 Å². The maximum absolute atomic E-state index is 13.0. The molecular formula is C20H22N4O6S. The number of ether oxygens (including phenoxy) is 1. The normalized spacial score (nSPS) is 19.7. The third-order valence-electron chi connectivity index (χ3n) is 5.27. The number of phenols is 2. The number of rotatable bonds is 4. The molecule has 11 heteroatoms. The SMILES string of the molecule is NC1=NS(=O)(=O)Nc2cccc(OCC3CCCCN3C(=O)c3ccc(O)cc3O)c21. The Balaban J connectivity index is 1.55. The molecule has 2 aromatic carbocycles. The average Bonchev–Trinajstić information content (AvgIpc) is 2.71. The third kappa shape index (κ3) is 4.22. The standard InChI is InChI=1S/C20H22N4O6S/c21-19-18-15(22-31(28,29)23-19)5-3-6-17(18)30-11-12-4-1-2-9-24(12)20(27)14-8-7-13(25)10-16(14)26/h3,5-8,10,12,22,25-26H,1-2,4,9,11H2,(H2,21,23). The van der Waals surface area contributed by atoms with Crippen molar-refractivity contribution in [3.63, 3.8) is 0 Å². The molecule has 2 aromatic rings. The van der Waals surface area contributed by atoms with E-state index in [-0.39, 0.29) is 47.1 Å². The van der Waals surface area contributed by atoms with Gasteiger partial charge in [-0.3, -0.25) is 9.52 Å². The van der Waals surface area contributed by atoms with Crippen LogP contribution >= 0.6 is 0 Å². The zero-order chi connectivity index (χ0) is 22.2. The number of nitrogens with one attached hydrogen (secondary N) is 1. The van der Waals surface area contributed by atoms with Gasteiger partial charge in [-0.1, -0.05) is 6.07 Å². The van der Waals surface area contributed by atoms with Crippen molar-refractivity contribution < 1.29 is 28.2 Å². The van der Waals surface area contributed by atoms with Crippen molar-refractivity contribution in [2.75, 3.05) is 17.9 Å². The first-order valence-corrected chi connectivity index (χ1v) is 11.2. The smallest absolute Gasteiger partial charge is 0.344 e. The van der Waals surface area contributed by atoms with Gasteiger partial charge in [-0.2, -0.15) is 8.42 Å². The van der Waals surface area contributed by atoms with Gasteiger partial charge in [-0.05, 0) is 43.5 Å². The number of amidine groups is 1. The highest BCUT2D eigenvalue weighted by Gasteiger charge is 2.30. The Morgan fingerprint density at radius 1 is 1.26 bits per heavy atom. The largest absolute Gasteiger partial charge is 0.508 e. The molecule has 10 nitrogen and oxygen atoms in total. The quantitative estimate of drug-likeness (QED) is 0.555. The Morgan fingerprint density at radius 3 is 2.84 bits per heavy atom. The second-order valence-corrected chi connectivity index (χ2v) is 8.73. The van der Waals surface area contributed by atoms with Gasteiger partial charge in [-0.25, -0.2) is 0 Å². The summed E-state index contributed by atoms with van der Waals surface area (Å²) in [5.41, 5.74) is 6.58. The Labute approximate surface area is 179 Å². The van der Waals surface area contributed by atoms with Crippen LogP contribution < -0.4 is 15.2 Å². The van der Waals surface area contributed by atoms with Gasteiger partial charge in [0, 0.05) is 12.6 Å². The summed E-state index contributed by atoms with van der Waals surface area (Å²) in [6, 6.07) is 8.45. The number of carbonyl (C=O) groups excluding carboxylic acids is 1. The second-order valence-electron chi connectivity index (χ2n) is 7.39. The number of anilines is 1. The molecule has 1 amide bonds. The monoisotopic (exact) mass is 446 g/mol. The number of hydrogen-bond acceptors (Lipinski definition) is 7. The average molecular weight is 446 g/mol. The summed E-state index contributed by atoms with van der Waals surface area (Å²) in [6.45, 7) is 0.657. The van der Waals surface area contributed by atoms with E-state index < -0.39 is 10.2 Å². The summed E-state index contributed by atoms with van der Waals surface area (Å²) >= 11 is 0. The summed E-state index contributed by atoms with van der Waals surface area (Å²) in [5, 5.41) is 19.5. The molecule has 0 aromatic heterocycles. The van der Waals surface area contributed by atoms with Gasteiger partial charge in [0.05, 0.1) is 22.9 Å². The lowest BCUT2D eigenvalue weighted by Gasteiger charge is -2.36. The number of piperidine rings is 1. The van der Waals surface area contributed by atoms with Gasteiger partial charge in [-0.15, -0.1) is 4.40 Å². The number of benzene rings is 2. The second kappa shape index (κ2) is 7.99. The van der Waals surface area contributed by atoms with Crippen molar-refractivity contribution in [3.05, 3.63) is 47.5 Å². The van der Waals surface area contributed by atoms with E-state index in [2.05, 4.69) is 9.12 Å². The van der Waals surface area contributed by atoms with E-state index in [1.807, 2.05) is 0 Å². The van der Waals surface area contributed by atoms with Crippen molar-refractivity contribution in [2.24, 2.45) is 10.1 Å². The van der Waals surface area contributed by atoms with Gasteiger partial charge in [0.2, 0.25) is 0 Å². The van der Waals surface area contributed by atoms with E-state index >= 15 is 0 Å². The lowest BCUT2D eigenvalue weighted by atomic mass is 10.0. The predicted molar refractivity (Wildman–Crippen MR) is 114 cm³/mol. The van der Waals surface area contributed by atoms with Crippen LogP contribution in [0.4, 0.5) is 5.69 Å². The third-order valence-corrected chi connectivity index (χ3v) is 6.19. The van der Waals surface area contributed by atoms with E-state index in [1.165, 1.54) is 12.1 Å². The molecular weight excluding hydrogens is 424 g/mol. The number of hydrogen-bond donors (Lipinski definition) is 4. The summed E-state index contributed by atoms with van der Waals surface area (Å²) < 4.78 is 35.2. The van der Waals surface area contributed by atoms with Crippen LogP contribution in [-0.4, -0.2) is 54.5 Å². The summed E-state index contributed by atoms with van der Waals surface area (Å²) in [4.78, 5) is 14.7. The van der Waals surface area contributed by atoms with Crippen LogP contribution in [0.5, 0.6) is 17.2 Å². The molecule has 1 saturated heterocycles. The predicted octanol–water partition coefficient (Wildman–Crippen LogP) is 1.55. The molecule has 0 saturated carbocycles. The molecule has 2 aliphatic rings. The molecule has 1 atom stereocenters. The molecule has 0 bridgehead atoms. The highest BCUT2D eigenvalue weighted by atomic mass is 32.2. The van der Waals surface area contributed by atoms with Gasteiger partial charge in [0.1, 0.15) is 23.9 Å². The minimum absolute atomic E-state index is 0.104. The molecule has 4 rings (SSSR count). The number of aromatic hydroxyl groups is 2. The zero-order valence-corrected chi connectivity index (χ0v) is 17.3. The van der Waals surface area contributed by atoms with Crippen LogP contribution in [0, 0.1) is 0 Å². The Bertz CT molecular complexity index is 1160. The van der Waals surface area contributed by atoms with E-state index in [0.717, 1.165) is 18.9 Å². The molecule has 5 N–H and O–H groups in total. The lowest BCUT2D eigenvalue weighted by molar-refractivity contribution is 0.0525. The van der Waals surface area contributed by atoms with Crippen LogP contribution in [-0.2, 0) is 10.2 Å². The van der Waals surface area contributed by atoms with Gasteiger partial charge >= 0.3 is 10.2 Å². The van der Waals surface area contributed by atoms with Crippen molar-refractivity contribution in [3.8, 4) is 17.2 Å². The molecule has 0 radical (unpaired) electrons. The Morgan fingerprint density at radius 2 is 2.06 bits per heavy atom. The van der Waals surface area contributed by atoms with Crippen molar-refractivity contribution in [1.82, 2.24) is 4.90 Å². The first kappa shape index (κ1) is 20.8. The summed E-state index contributed by atoms with van der Waals surface area (Å²) in [5.74, 6) is -0.587. The van der Waals surface area contributed by atoms with Gasteiger partial charge in [0.15, 0.2) is 5.84 Å². The number of likely N-dealkylation sites (tertiary alicyclic amines) is 1. The van der Waals surface area contributed by atoms with E-state index in [1.54, 1.807) is 23.1 Å². The topological polar surface area (TPSA) is 155 Å². The van der Waals surface area contributed by atoms with Crippen LogP contribution in [0.1, 0.15) is 35.2 Å². The lowest BCUT2D eigenvalue weighted by Crippen LogP contribution is -2.46. The first-order valence-electron chi connectivity index (χ1n) is 9.72. The molecule has 31 heavy (non-hydrogen) atoms. The van der Waals surface area contributed by atoms with Crippen LogP contribution in [0.15, 0.2) is 40.8 Å². The number of nitrogens with two attached hydrogens (primary N) is 1. The maximum Gasteiger partial charge on any atom is 0.344 e. The van der Waals surface area contributed by atoms with Crippen molar-refractivity contribution in [2.45, 2.75) is 25.3 Å². The van der Waals surface area contributed by atoms with Crippen LogP contribution in [0.25, 0.3) is 0 Å². The maximum atomic E-state index is 13.0. The molecule has 2 heterocycles. The molecule has 164 valence electrons. The fourth-order valence-corrected chi connectivity index (χ4v) is 4.66. The van der Waals surface area contributed by atoms with E-state index in [9.17, 15) is 23.4 Å². The van der Waals surface area contributed by atoms with Crippen LogP contribution in [0.3, 0.4) is 0 Å². The summed E-state index contributed by atoms with van der Waals surface area (Å²) in [7, 11) is -3.89. The highest BCUT2D eigenvalue weighted by molar-refractivity contribution is 7.91. The molecule has 0 aliphatic carbocycles. The molecule has 1 unspecified atom stereocenters. The van der Waals surface area contributed by atoms with Crippen LogP contribution in [0.2, 0.25) is 0 Å². The fourth-order valence-electron chi connectivity index (χ4n) is 3.82. The summed E-state index contributed by atoms with van der Waals surface area (Å²) in [6.07, 6.45) is 2.44. The Hall–Kier alpha value is -3.47. The molecule has 1 fully saturated rings. The minimum Gasteiger partial charge on any atom is -0.508 e. The highest BCUT2D eigenvalue weighted by Crippen LogP contribution is 2.32. The number of fused-ring (bicyclic) bond motifs is 1. The Kier molecular flexibility index (Phi) is 5.36. The van der Waals surface area contributed by atoms with E-state index in [4.69, 9.17) is 10.5 Å². The number of phenolic OH excluding ortho intramolecular Hbond substituents is 2. The number of amides is 1. The fraction of sp³-hybridized carbons (Fsp3) is 0.300. The minimum atomic E-state index is -3.89. The zero-order valence-electron chi connectivity index (χ0n) is 16.5. The van der Waals surface area contributed by atoms with Gasteiger partial charge in [0.25, 0.3) is 5.91 Å². The van der Waals surface area contributed by atoms with Crippen molar-refractivity contribution >= 4 is 27.6 Å².